The van der Waals surface area contributed by atoms with Gasteiger partial charge in [-0.3, -0.25) is 9.69 Å². The summed E-state index contributed by atoms with van der Waals surface area (Å²) in [6.45, 7) is 4.48. The lowest BCUT2D eigenvalue weighted by Gasteiger charge is -2.24. The van der Waals surface area contributed by atoms with E-state index in [2.05, 4.69) is 4.74 Å². The van der Waals surface area contributed by atoms with Crippen molar-refractivity contribution in [3.63, 3.8) is 0 Å². The van der Waals surface area contributed by atoms with Crippen molar-refractivity contribution in [2.24, 2.45) is 11.7 Å². The average molecular weight is 232 g/mol. The van der Waals surface area contributed by atoms with E-state index in [1.807, 2.05) is 32.8 Å². The third-order valence-electron chi connectivity index (χ3n) is 1.92. The Bertz CT molecular complexity index is 186. The topological polar surface area (TPSA) is 72.6 Å². The normalized spacial score (nSPS) is 11.8. The van der Waals surface area contributed by atoms with Gasteiger partial charge in [-0.2, -0.15) is 0 Å². The number of aldehydes is 1. The summed E-state index contributed by atoms with van der Waals surface area (Å²) in [5, 5.41) is 0. The minimum atomic E-state index is -0.162. The number of ether oxygens (including phenoxy) is 1. The third-order valence-corrected chi connectivity index (χ3v) is 1.92. The van der Waals surface area contributed by atoms with Gasteiger partial charge < -0.3 is 15.3 Å². The summed E-state index contributed by atoms with van der Waals surface area (Å²) in [6, 6.07) is -0.125. The molecule has 0 amide bonds. The Morgan fingerprint density at radius 1 is 1.44 bits per heavy atom. The lowest BCUT2D eigenvalue weighted by Crippen LogP contribution is -2.40. The van der Waals surface area contributed by atoms with E-state index >= 15 is 0 Å². The van der Waals surface area contributed by atoms with Gasteiger partial charge in [-0.25, -0.2) is 0 Å². The maximum absolute atomic E-state index is 11.1. The Kier molecular flexibility index (Phi) is 11.5. The van der Waals surface area contributed by atoms with Crippen molar-refractivity contribution in [3.05, 3.63) is 0 Å². The van der Waals surface area contributed by atoms with Crippen LogP contribution in [0.5, 0.6) is 0 Å². The number of methoxy groups -OCH3 is 1. The van der Waals surface area contributed by atoms with Crippen LogP contribution in [0.2, 0.25) is 0 Å². The lowest BCUT2D eigenvalue weighted by atomic mass is 10.0. The van der Waals surface area contributed by atoms with Gasteiger partial charge in [0, 0.05) is 6.42 Å². The van der Waals surface area contributed by atoms with Crippen LogP contribution in [0.25, 0.3) is 0 Å². The smallest absolute Gasteiger partial charge is 0.323 e. The van der Waals surface area contributed by atoms with Gasteiger partial charge in [-0.15, -0.1) is 0 Å². The number of rotatable bonds is 5. The molecular formula is C11H24N2O3. The van der Waals surface area contributed by atoms with E-state index in [0.29, 0.717) is 13.0 Å². The van der Waals surface area contributed by atoms with Crippen LogP contribution in [0.1, 0.15) is 20.3 Å². The van der Waals surface area contributed by atoms with Crippen molar-refractivity contribution in [1.29, 1.82) is 0 Å². The molecule has 2 N–H and O–H groups in total. The molecule has 0 heterocycles. The maximum atomic E-state index is 11.1. The second-order valence-electron chi connectivity index (χ2n) is 3.92. The first kappa shape index (κ1) is 17.5. The predicted molar refractivity (Wildman–Crippen MR) is 64.1 cm³/mol. The standard InChI is InChI=1S/C8H17NO2.C3H7NO/c1-6(2)7(9(3)4)8(10)11-5;4-2-1-3-5/h6-7H,1-5H3;3H,1-2,4H2. The summed E-state index contributed by atoms with van der Waals surface area (Å²) in [4.78, 5) is 22.3. The molecule has 0 aliphatic rings. The molecule has 5 heteroatoms. The van der Waals surface area contributed by atoms with E-state index in [9.17, 15) is 9.59 Å². The van der Waals surface area contributed by atoms with E-state index in [1.54, 1.807) is 0 Å². The molecule has 0 rings (SSSR count). The SMILES string of the molecule is COC(=O)C(C(C)C)N(C)C.NCCC=O. The summed E-state index contributed by atoms with van der Waals surface area (Å²) >= 11 is 0. The largest absolute Gasteiger partial charge is 0.468 e. The van der Waals surface area contributed by atoms with Gasteiger partial charge in [-0.05, 0) is 26.6 Å². The first-order valence-electron chi connectivity index (χ1n) is 5.30. The Morgan fingerprint density at radius 3 is 2.00 bits per heavy atom. The number of hydrogen-bond donors (Lipinski definition) is 1. The molecule has 0 spiro atoms. The fourth-order valence-corrected chi connectivity index (χ4v) is 1.27. The summed E-state index contributed by atoms with van der Waals surface area (Å²) in [5.74, 6) is 0.127. The number of nitrogens with two attached hydrogens (primary N) is 1. The van der Waals surface area contributed by atoms with Gasteiger partial charge in [0.1, 0.15) is 12.3 Å². The second kappa shape index (κ2) is 10.6. The first-order chi connectivity index (χ1) is 7.42. The van der Waals surface area contributed by atoms with Gasteiger partial charge in [0.05, 0.1) is 7.11 Å². The molecule has 1 atom stereocenters. The van der Waals surface area contributed by atoms with Crippen LogP contribution in [0.4, 0.5) is 0 Å². The maximum Gasteiger partial charge on any atom is 0.323 e. The zero-order valence-electron chi connectivity index (χ0n) is 10.9. The van der Waals surface area contributed by atoms with Gasteiger partial charge >= 0.3 is 5.97 Å². The zero-order valence-corrected chi connectivity index (χ0v) is 10.9. The molecule has 0 aromatic heterocycles. The second-order valence-corrected chi connectivity index (χ2v) is 3.92. The highest BCUT2D eigenvalue weighted by atomic mass is 16.5. The molecule has 0 aliphatic carbocycles. The Balaban J connectivity index is 0. The number of carbonyl (C=O) groups excluding carboxylic acids is 2. The van der Waals surface area contributed by atoms with Crippen molar-refractivity contribution in [2.75, 3.05) is 27.7 Å². The van der Waals surface area contributed by atoms with E-state index in [1.165, 1.54) is 7.11 Å². The summed E-state index contributed by atoms with van der Waals surface area (Å²) in [5.41, 5.74) is 4.91. The number of likely N-dealkylation sites (N-methyl/N-ethyl adjacent to an activating group) is 1. The summed E-state index contributed by atoms with van der Waals surface area (Å²) in [6.07, 6.45) is 1.29. The van der Waals surface area contributed by atoms with Crippen molar-refractivity contribution < 1.29 is 14.3 Å². The Hall–Kier alpha value is -0.940. The van der Waals surface area contributed by atoms with Gasteiger partial charge in [0.2, 0.25) is 0 Å². The van der Waals surface area contributed by atoms with Crippen molar-refractivity contribution in [1.82, 2.24) is 4.90 Å². The van der Waals surface area contributed by atoms with Crippen LogP contribution in [-0.2, 0) is 14.3 Å². The van der Waals surface area contributed by atoms with Crippen LogP contribution in [-0.4, -0.2) is 50.9 Å². The molecule has 0 aliphatic heterocycles. The van der Waals surface area contributed by atoms with Crippen LogP contribution >= 0.6 is 0 Å². The Labute approximate surface area is 97.9 Å². The molecular weight excluding hydrogens is 208 g/mol. The molecule has 0 fully saturated rings. The van der Waals surface area contributed by atoms with Crippen molar-refractivity contribution in [3.8, 4) is 0 Å². The minimum absolute atomic E-state index is 0.125. The fraction of sp³-hybridized carbons (Fsp3) is 0.818. The van der Waals surface area contributed by atoms with Gasteiger partial charge in [0.15, 0.2) is 0 Å². The van der Waals surface area contributed by atoms with E-state index < -0.39 is 0 Å². The van der Waals surface area contributed by atoms with Crippen LogP contribution in [0.15, 0.2) is 0 Å². The summed E-state index contributed by atoms with van der Waals surface area (Å²) in [7, 11) is 5.17. The third kappa shape index (κ3) is 8.38. The van der Waals surface area contributed by atoms with Crippen molar-refractivity contribution in [2.45, 2.75) is 26.3 Å². The fourth-order valence-electron chi connectivity index (χ4n) is 1.27. The van der Waals surface area contributed by atoms with E-state index in [0.717, 1.165) is 6.29 Å². The summed E-state index contributed by atoms with van der Waals surface area (Å²) < 4.78 is 4.65. The van der Waals surface area contributed by atoms with Crippen LogP contribution in [0, 0.1) is 5.92 Å². The Morgan fingerprint density at radius 2 is 1.94 bits per heavy atom. The highest BCUT2D eigenvalue weighted by Crippen LogP contribution is 2.08. The molecule has 96 valence electrons. The minimum Gasteiger partial charge on any atom is -0.468 e. The monoisotopic (exact) mass is 232 g/mol. The quantitative estimate of drug-likeness (QED) is 0.544. The lowest BCUT2D eigenvalue weighted by molar-refractivity contribution is -0.147. The van der Waals surface area contributed by atoms with E-state index in [-0.39, 0.29) is 17.9 Å². The molecule has 0 aromatic rings. The molecule has 16 heavy (non-hydrogen) atoms. The molecule has 0 aromatic carbocycles. The predicted octanol–water partition coefficient (Wildman–Crippen LogP) is 0.280. The van der Waals surface area contributed by atoms with Crippen LogP contribution < -0.4 is 5.73 Å². The van der Waals surface area contributed by atoms with Gasteiger partial charge in [-0.1, -0.05) is 13.8 Å². The number of esters is 1. The average Bonchev–Trinajstić information content (AvgIpc) is 2.18. The van der Waals surface area contributed by atoms with E-state index in [4.69, 9.17) is 5.73 Å². The number of carbonyl (C=O) groups is 2. The van der Waals surface area contributed by atoms with Gasteiger partial charge in [0.25, 0.3) is 0 Å². The first-order valence-corrected chi connectivity index (χ1v) is 5.30. The molecule has 0 saturated heterocycles. The van der Waals surface area contributed by atoms with Crippen molar-refractivity contribution >= 4 is 12.3 Å². The molecule has 1 unspecified atom stereocenters. The van der Waals surface area contributed by atoms with Crippen LogP contribution in [0.3, 0.4) is 0 Å². The number of hydrogen-bond acceptors (Lipinski definition) is 5. The number of nitrogens with zero attached hydrogens (tertiary/aromatic N) is 1. The molecule has 5 nitrogen and oxygen atoms in total. The zero-order chi connectivity index (χ0) is 13.1. The molecule has 0 saturated carbocycles. The molecule has 0 radical (unpaired) electrons. The molecule has 0 bridgehead atoms. The highest BCUT2D eigenvalue weighted by molar-refractivity contribution is 5.75. The highest BCUT2D eigenvalue weighted by Gasteiger charge is 2.24.